The molecule has 2 aromatic heterocycles. The lowest BCUT2D eigenvalue weighted by atomic mass is 9.98. The molecule has 1 amide bonds. The van der Waals surface area contributed by atoms with Crippen LogP contribution < -0.4 is 10.0 Å². The molecule has 176 valence electrons. The minimum absolute atomic E-state index is 0.0955. The van der Waals surface area contributed by atoms with Gasteiger partial charge in [-0.2, -0.15) is 9.65 Å². The summed E-state index contributed by atoms with van der Waals surface area (Å²) < 4.78 is 27.6. The number of aromatic nitrogens is 2. The van der Waals surface area contributed by atoms with E-state index in [0.29, 0.717) is 12.1 Å². The predicted octanol–water partition coefficient (Wildman–Crippen LogP) is 4.64. The lowest BCUT2D eigenvalue weighted by molar-refractivity contribution is 0.101. The number of nitrogens with zero attached hydrogens (tertiary/aromatic N) is 3. The SMILES string of the molecule is Cn1cc2c(c1C(=O)Nc1cc(F)nc(C#N)c1)CCC(Cc1ccc3ccccc3c1)NS2=N. The number of halogens is 1. The van der Waals surface area contributed by atoms with Crippen molar-refractivity contribution in [1.29, 1.82) is 10.0 Å². The van der Waals surface area contributed by atoms with Crippen LogP contribution in [0.2, 0.25) is 0 Å². The number of hydrogen-bond acceptors (Lipinski definition) is 4. The van der Waals surface area contributed by atoms with Crippen LogP contribution in [-0.2, 0) is 30.8 Å². The molecule has 0 aliphatic carbocycles. The van der Waals surface area contributed by atoms with E-state index in [0.717, 1.165) is 29.4 Å². The number of carbonyl (C=O) groups excluding carboxylic acids is 1. The quantitative estimate of drug-likeness (QED) is 0.365. The Morgan fingerprint density at radius 3 is 2.89 bits per heavy atom. The van der Waals surface area contributed by atoms with Gasteiger partial charge in [-0.25, -0.2) is 9.71 Å². The van der Waals surface area contributed by atoms with E-state index >= 15 is 0 Å². The van der Waals surface area contributed by atoms with Gasteiger partial charge in [-0.3, -0.25) is 9.57 Å². The van der Waals surface area contributed by atoms with E-state index in [1.165, 1.54) is 22.4 Å². The molecule has 3 heterocycles. The fourth-order valence-corrected chi connectivity index (χ4v) is 5.95. The van der Waals surface area contributed by atoms with Gasteiger partial charge in [0.05, 0.1) is 4.90 Å². The molecule has 0 saturated heterocycles. The van der Waals surface area contributed by atoms with Crippen molar-refractivity contribution in [3.05, 3.63) is 89.3 Å². The van der Waals surface area contributed by atoms with Crippen molar-refractivity contribution in [3.63, 3.8) is 0 Å². The van der Waals surface area contributed by atoms with Crippen LogP contribution in [0.15, 0.2) is 65.7 Å². The fourth-order valence-electron chi connectivity index (χ4n) is 4.58. The zero-order chi connectivity index (χ0) is 24.5. The average Bonchev–Trinajstić information content (AvgIpc) is 3.10. The first-order chi connectivity index (χ1) is 16.9. The Morgan fingerprint density at radius 2 is 2.09 bits per heavy atom. The molecule has 35 heavy (non-hydrogen) atoms. The molecule has 0 radical (unpaired) electrons. The van der Waals surface area contributed by atoms with E-state index in [-0.39, 0.29) is 17.4 Å². The molecule has 4 aromatic rings. The third-order valence-corrected chi connectivity index (χ3v) is 7.53. The first-order valence-electron chi connectivity index (χ1n) is 11.2. The Labute approximate surface area is 204 Å². The average molecular weight is 487 g/mol. The minimum atomic E-state index is -0.988. The van der Waals surface area contributed by atoms with Gasteiger partial charge in [-0.15, -0.1) is 0 Å². The molecular formula is C26H23FN6OS. The molecule has 2 atom stereocenters. The molecular weight excluding hydrogens is 463 g/mol. The predicted molar refractivity (Wildman–Crippen MR) is 134 cm³/mol. The highest BCUT2D eigenvalue weighted by Crippen LogP contribution is 2.28. The van der Waals surface area contributed by atoms with Crippen molar-refractivity contribution in [2.75, 3.05) is 5.32 Å². The molecule has 7 nitrogen and oxygen atoms in total. The number of anilines is 1. The van der Waals surface area contributed by atoms with E-state index in [1.807, 2.05) is 18.3 Å². The number of aryl methyl sites for hydroxylation is 1. The van der Waals surface area contributed by atoms with Gasteiger partial charge in [0.25, 0.3) is 5.91 Å². The number of pyridine rings is 1. The number of hydrogen-bond donors (Lipinski definition) is 3. The van der Waals surface area contributed by atoms with E-state index in [1.54, 1.807) is 17.7 Å². The summed E-state index contributed by atoms with van der Waals surface area (Å²) in [6, 6.07) is 19.0. The Kier molecular flexibility index (Phi) is 6.16. The highest BCUT2D eigenvalue weighted by atomic mass is 32.2. The zero-order valence-corrected chi connectivity index (χ0v) is 19.8. The molecule has 2 unspecified atom stereocenters. The van der Waals surface area contributed by atoms with Gasteiger partial charge in [0.1, 0.15) is 17.5 Å². The number of fused-ring (bicyclic) bond motifs is 2. The lowest BCUT2D eigenvalue weighted by Crippen LogP contribution is -2.31. The normalized spacial score (nSPS) is 17.4. The number of amides is 1. The monoisotopic (exact) mass is 486 g/mol. The minimum Gasteiger partial charge on any atom is -0.345 e. The maximum atomic E-state index is 13.7. The van der Waals surface area contributed by atoms with Crippen LogP contribution in [0.25, 0.3) is 10.8 Å². The number of nitrogens with one attached hydrogen (secondary N) is 3. The first-order valence-corrected chi connectivity index (χ1v) is 12.4. The van der Waals surface area contributed by atoms with Gasteiger partial charge in [0.15, 0.2) is 0 Å². The van der Waals surface area contributed by atoms with E-state index < -0.39 is 22.7 Å². The van der Waals surface area contributed by atoms with Gasteiger partial charge in [0, 0.05) is 31.0 Å². The summed E-state index contributed by atoms with van der Waals surface area (Å²) in [7, 11) is 0.777. The third-order valence-electron chi connectivity index (χ3n) is 6.17. The van der Waals surface area contributed by atoms with Gasteiger partial charge in [-0.1, -0.05) is 42.5 Å². The second kappa shape index (κ2) is 9.41. The second-order valence-electron chi connectivity index (χ2n) is 8.61. The highest BCUT2D eigenvalue weighted by Gasteiger charge is 2.27. The summed E-state index contributed by atoms with van der Waals surface area (Å²) in [5, 5.41) is 14.1. The maximum absolute atomic E-state index is 13.7. The van der Waals surface area contributed by atoms with Gasteiger partial charge >= 0.3 is 0 Å². The summed E-state index contributed by atoms with van der Waals surface area (Å²) in [4.78, 5) is 17.4. The summed E-state index contributed by atoms with van der Waals surface area (Å²) in [6.07, 6.45) is 4.02. The molecule has 2 aromatic carbocycles. The highest BCUT2D eigenvalue weighted by molar-refractivity contribution is 7.84. The molecule has 3 N–H and O–H groups in total. The Balaban J connectivity index is 1.37. The Bertz CT molecular complexity index is 1520. The smallest absolute Gasteiger partial charge is 0.272 e. The number of rotatable bonds is 4. The molecule has 1 aliphatic rings. The Morgan fingerprint density at radius 1 is 1.29 bits per heavy atom. The van der Waals surface area contributed by atoms with Crippen LogP contribution in [-0.4, -0.2) is 21.5 Å². The summed E-state index contributed by atoms with van der Waals surface area (Å²) in [6.45, 7) is 0. The van der Waals surface area contributed by atoms with Crippen LogP contribution in [0.5, 0.6) is 0 Å². The summed E-state index contributed by atoms with van der Waals surface area (Å²) in [5.74, 6) is -1.24. The first kappa shape index (κ1) is 22.9. The second-order valence-corrected chi connectivity index (χ2v) is 9.89. The molecule has 0 saturated carbocycles. The number of benzene rings is 2. The largest absolute Gasteiger partial charge is 0.345 e. The molecule has 9 heteroatoms. The molecule has 0 fully saturated rings. The van der Waals surface area contributed by atoms with Gasteiger partial charge in [-0.05, 0) is 58.1 Å². The van der Waals surface area contributed by atoms with Crippen LogP contribution >= 0.6 is 0 Å². The zero-order valence-electron chi connectivity index (χ0n) is 19.0. The molecule has 5 rings (SSSR count). The molecule has 0 bridgehead atoms. The number of nitriles is 1. The van der Waals surface area contributed by atoms with Crippen LogP contribution in [0.1, 0.15) is 33.7 Å². The van der Waals surface area contributed by atoms with Crippen molar-refractivity contribution >= 4 is 33.2 Å². The van der Waals surface area contributed by atoms with Crippen LogP contribution in [0.3, 0.4) is 0 Å². The summed E-state index contributed by atoms with van der Waals surface area (Å²) >= 11 is 0. The molecule has 1 aliphatic heterocycles. The summed E-state index contributed by atoms with van der Waals surface area (Å²) in [5.41, 5.74) is 2.52. The topological polar surface area (TPSA) is 107 Å². The van der Waals surface area contributed by atoms with Crippen molar-refractivity contribution in [2.24, 2.45) is 7.05 Å². The van der Waals surface area contributed by atoms with Crippen LogP contribution in [0, 0.1) is 22.1 Å². The Hall–Kier alpha value is -3.87. The standard InChI is InChI=1S/C26H23FN6OS/c1-33-15-23-22(25(33)26(34)31-20-12-21(14-28)30-24(27)13-20)9-8-19(32-35(23)29)11-16-6-7-17-4-2-3-5-18(17)10-16/h2-7,10,12-13,15,19H,8-9,11H2,1H3,(H2,29,32)(H,30,31,34). The van der Waals surface area contributed by atoms with Crippen molar-refractivity contribution in [1.82, 2.24) is 14.3 Å². The third kappa shape index (κ3) is 4.71. The van der Waals surface area contributed by atoms with Gasteiger partial charge in [0.2, 0.25) is 5.95 Å². The van der Waals surface area contributed by atoms with E-state index in [4.69, 9.17) is 10.0 Å². The van der Waals surface area contributed by atoms with Crippen molar-refractivity contribution in [2.45, 2.75) is 30.2 Å². The van der Waals surface area contributed by atoms with Crippen molar-refractivity contribution < 1.29 is 9.18 Å². The lowest BCUT2D eigenvalue weighted by Gasteiger charge is -2.17. The van der Waals surface area contributed by atoms with Crippen molar-refractivity contribution in [3.8, 4) is 6.07 Å². The molecule has 0 spiro atoms. The van der Waals surface area contributed by atoms with E-state index in [2.05, 4.69) is 45.4 Å². The van der Waals surface area contributed by atoms with Gasteiger partial charge < -0.3 is 9.88 Å². The maximum Gasteiger partial charge on any atom is 0.272 e. The van der Waals surface area contributed by atoms with E-state index in [9.17, 15) is 9.18 Å². The number of carbonyl (C=O) groups is 1. The fraction of sp³-hybridized carbons (Fsp3) is 0.192. The van der Waals surface area contributed by atoms with Crippen LogP contribution in [0.4, 0.5) is 10.1 Å².